The molecule has 0 radical (unpaired) electrons. The summed E-state index contributed by atoms with van der Waals surface area (Å²) < 4.78 is 6.92. The molecule has 1 fully saturated rings. The molecular weight excluding hydrogens is 422 g/mol. The van der Waals surface area contributed by atoms with E-state index in [0.717, 1.165) is 21.3 Å². The number of hydrogen-bond donors (Lipinski definition) is 2. The molecule has 0 spiro atoms. The van der Waals surface area contributed by atoms with Crippen molar-refractivity contribution < 1.29 is 4.74 Å². The molecule has 0 aliphatic heterocycles. The summed E-state index contributed by atoms with van der Waals surface area (Å²) >= 11 is 8.79. The average Bonchev–Trinajstić information content (AvgIpc) is 2.68. The fourth-order valence-electron chi connectivity index (χ4n) is 3.11. The van der Waals surface area contributed by atoms with Gasteiger partial charge in [-0.1, -0.05) is 59.5 Å². The highest BCUT2D eigenvalue weighted by atomic mass is 79.9. The number of rotatable bonds is 6. The lowest BCUT2D eigenvalue weighted by Crippen LogP contribution is -2.40. The van der Waals surface area contributed by atoms with Gasteiger partial charge < -0.3 is 10.1 Å². The maximum Gasteiger partial charge on any atom is 0.187 e. The summed E-state index contributed by atoms with van der Waals surface area (Å²) in [6, 6.07) is 16.4. The van der Waals surface area contributed by atoms with Crippen molar-refractivity contribution in [2.24, 2.45) is 5.10 Å². The summed E-state index contributed by atoms with van der Waals surface area (Å²) in [4.78, 5) is 0. The second-order valence-electron chi connectivity index (χ2n) is 6.67. The van der Waals surface area contributed by atoms with Crippen molar-refractivity contribution in [2.45, 2.75) is 44.8 Å². The summed E-state index contributed by atoms with van der Waals surface area (Å²) in [7, 11) is 0. The van der Waals surface area contributed by atoms with Gasteiger partial charge in [0.05, 0.1) is 6.21 Å². The van der Waals surface area contributed by atoms with Crippen LogP contribution in [-0.2, 0) is 6.61 Å². The Bertz CT molecular complexity index is 791. The fraction of sp³-hybridized carbons (Fsp3) is 0.333. The average molecular weight is 446 g/mol. The number of nitrogens with one attached hydrogen (secondary N) is 2. The van der Waals surface area contributed by atoms with Gasteiger partial charge in [0, 0.05) is 10.5 Å². The third kappa shape index (κ3) is 6.96. The normalized spacial score (nSPS) is 14.9. The third-order valence-corrected chi connectivity index (χ3v) is 5.18. The molecule has 27 heavy (non-hydrogen) atoms. The van der Waals surface area contributed by atoms with Crippen molar-refractivity contribution in [1.82, 2.24) is 10.7 Å². The predicted octanol–water partition coefficient (Wildman–Crippen LogP) is 5.16. The van der Waals surface area contributed by atoms with Gasteiger partial charge in [-0.15, -0.1) is 0 Å². The molecule has 6 heteroatoms. The quantitative estimate of drug-likeness (QED) is 0.366. The maximum absolute atomic E-state index is 5.87. The predicted molar refractivity (Wildman–Crippen MR) is 118 cm³/mol. The minimum absolute atomic E-state index is 0.476. The van der Waals surface area contributed by atoms with Gasteiger partial charge in [0.1, 0.15) is 12.4 Å². The van der Waals surface area contributed by atoms with Crippen LogP contribution in [0.3, 0.4) is 0 Å². The monoisotopic (exact) mass is 445 g/mol. The molecule has 0 aromatic heterocycles. The van der Waals surface area contributed by atoms with E-state index in [2.05, 4.69) is 37.8 Å². The molecule has 0 amide bonds. The van der Waals surface area contributed by atoms with Crippen LogP contribution in [0.25, 0.3) is 0 Å². The molecule has 0 bridgehead atoms. The number of ether oxygens (including phenoxy) is 1. The van der Waals surface area contributed by atoms with E-state index in [0.29, 0.717) is 17.8 Å². The zero-order valence-electron chi connectivity index (χ0n) is 15.2. The van der Waals surface area contributed by atoms with Crippen LogP contribution in [0.2, 0.25) is 0 Å². The van der Waals surface area contributed by atoms with Crippen molar-refractivity contribution in [1.29, 1.82) is 0 Å². The summed E-state index contributed by atoms with van der Waals surface area (Å²) in [6.07, 6.45) is 8.00. The van der Waals surface area contributed by atoms with Gasteiger partial charge in [-0.2, -0.15) is 5.10 Å². The summed E-state index contributed by atoms with van der Waals surface area (Å²) in [6.45, 7) is 0.522. The molecule has 0 heterocycles. The van der Waals surface area contributed by atoms with Gasteiger partial charge in [0.2, 0.25) is 0 Å². The lowest BCUT2D eigenvalue weighted by atomic mass is 9.96. The van der Waals surface area contributed by atoms with Gasteiger partial charge in [0.15, 0.2) is 5.11 Å². The van der Waals surface area contributed by atoms with E-state index in [1.165, 1.54) is 32.1 Å². The lowest BCUT2D eigenvalue weighted by molar-refractivity contribution is 0.306. The van der Waals surface area contributed by atoms with E-state index >= 15 is 0 Å². The zero-order chi connectivity index (χ0) is 18.9. The molecule has 142 valence electrons. The highest BCUT2D eigenvalue weighted by Gasteiger charge is 2.13. The van der Waals surface area contributed by atoms with Gasteiger partial charge in [0.25, 0.3) is 0 Å². The maximum atomic E-state index is 5.87. The summed E-state index contributed by atoms with van der Waals surface area (Å²) in [5.74, 6) is 0.807. The summed E-state index contributed by atoms with van der Waals surface area (Å²) in [5.41, 5.74) is 4.97. The zero-order valence-corrected chi connectivity index (χ0v) is 17.6. The Labute approximate surface area is 174 Å². The lowest BCUT2D eigenvalue weighted by Gasteiger charge is -2.23. The van der Waals surface area contributed by atoms with Crippen LogP contribution in [0.1, 0.15) is 43.2 Å². The van der Waals surface area contributed by atoms with Gasteiger partial charge in [-0.3, -0.25) is 5.43 Å². The molecule has 2 aromatic carbocycles. The second kappa shape index (κ2) is 10.4. The van der Waals surface area contributed by atoms with Crippen molar-refractivity contribution in [3.63, 3.8) is 0 Å². The van der Waals surface area contributed by atoms with Crippen LogP contribution >= 0.6 is 28.1 Å². The van der Waals surface area contributed by atoms with Crippen LogP contribution < -0.4 is 15.5 Å². The number of hydrazone groups is 1. The van der Waals surface area contributed by atoms with Gasteiger partial charge in [-0.25, -0.2) is 0 Å². The first-order valence-corrected chi connectivity index (χ1v) is 10.5. The number of nitrogens with zero attached hydrogens (tertiary/aromatic N) is 1. The van der Waals surface area contributed by atoms with Crippen molar-refractivity contribution in [3.8, 4) is 5.75 Å². The van der Waals surface area contributed by atoms with Crippen LogP contribution in [0.5, 0.6) is 5.75 Å². The molecule has 0 saturated heterocycles. The first kappa shape index (κ1) is 19.8. The minimum Gasteiger partial charge on any atom is -0.489 e. The molecule has 2 aromatic rings. The Kier molecular flexibility index (Phi) is 7.66. The van der Waals surface area contributed by atoms with E-state index in [1.54, 1.807) is 6.21 Å². The van der Waals surface area contributed by atoms with E-state index in [4.69, 9.17) is 17.0 Å². The minimum atomic E-state index is 0.476. The number of thiocarbonyl (C=S) groups is 1. The molecular formula is C21H24BrN3OS. The number of halogens is 1. The molecule has 0 atom stereocenters. The highest BCUT2D eigenvalue weighted by molar-refractivity contribution is 9.10. The topological polar surface area (TPSA) is 45.7 Å². The molecule has 0 unspecified atom stereocenters. The molecule has 4 nitrogen and oxygen atoms in total. The van der Waals surface area contributed by atoms with E-state index in [-0.39, 0.29) is 0 Å². The van der Waals surface area contributed by atoms with Crippen LogP contribution in [0.4, 0.5) is 0 Å². The first-order chi connectivity index (χ1) is 13.2. The Morgan fingerprint density at radius 3 is 2.78 bits per heavy atom. The second-order valence-corrected chi connectivity index (χ2v) is 7.99. The third-order valence-electron chi connectivity index (χ3n) is 4.47. The van der Waals surface area contributed by atoms with Crippen LogP contribution in [-0.4, -0.2) is 17.4 Å². The molecule has 2 N–H and O–H groups in total. The first-order valence-electron chi connectivity index (χ1n) is 9.26. The standard InChI is InChI=1S/C21H24BrN3OS/c22-18-8-4-7-17(12-18)15-26-20-11-5-6-16(13-20)14-23-25-21(27)24-19-9-2-1-3-10-19/h4-8,11-14,19H,1-3,9-10,15H2,(H2,24,25,27). The SMILES string of the molecule is S=C(NN=Cc1cccc(OCc2cccc(Br)c2)c1)NC1CCCCC1. The Hall–Kier alpha value is -1.92. The Balaban J connectivity index is 1.47. The van der Waals surface area contributed by atoms with Crippen molar-refractivity contribution in [3.05, 3.63) is 64.1 Å². The number of benzene rings is 2. The largest absolute Gasteiger partial charge is 0.489 e. The van der Waals surface area contributed by atoms with Crippen molar-refractivity contribution >= 4 is 39.5 Å². The van der Waals surface area contributed by atoms with Gasteiger partial charge in [-0.05, 0) is 60.5 Å². The number of hydrogen-bond acceptors (Lipinski definition) is 3. The Morgan fingerprint density at radius 1 is 1.15 bits per heavy atom. The van der Waals surface area contributed by atoms with E-state index < -0.39 is 0 Å². The fourth-order valence-corrected chi connectivity index (χ4v) is 3.77. The molecule has 1 saturated carbocycles. The highest BCUT2D eigenvalue weighted by Crippen LogP contribution is 2.18. The van der Waals surface area contributed by atoms with E-state index in [9.17, 15) is 0 Å². The van der Waals surface area contributed by atoms with E-state index in [1.807, 2.05) is 42.5 Å². The smallest absolute Gasteiger partial charge is 0.187 e. The van der Waals surface area contributed by atoms with Gasteiger partial charge >= 0.3 is 0 Å². The summed E-state index contributed by atoms with van der Waals surface area (Å²) in [5, 5.41) is 8.16. The van der Waals surface area contributed by atoms with Crippen LogP contribution in [0.15, 0.2) is 58.1 Å². The van der Waals surface area contributed by atoms with Crippen molar-refractivity contribution in [2.75, 3.05) is 0 Å². The Morgan fingerprint density at radius 2 is 1.96 bits per heavy atom. The van der Waals surface area contributed by atoms with Crippen LogP contribution in [0, 0.1) is 0 Å². The molecule has 1 aliphatic carbocycles. The molecule has 3 rings (SSSR count). The molecule has 1 aliphatic rings.